The first-order valence-corrected chi connectivity index (χ1v) is 8.23. The molecule has 1 aromatic heterocycles. The fraction of sp³-hybridized carbons (Fsp3) is 0.167. The summed E-state index contributed by atoms with van der Waals surface area (Å²) < 4.78 is 21.2. The molecule has 1 aliphatic heterocycles. The molecular formula is C18H13ClN2O5. The van der Waals surface area contributed by atoms with Crippen molar-refractivity contribution >= 4 is 17.6 Å². The summed E-state index contributed by atoms with van der Waals surface area (Å²) in [6, 6.07) is 12.4. The molecule has 2 aromatic carbocycles. The van der Waals surface area contributed by atoms with Crippen molar-refractivity contribution in [2.45, 2.75) is 6.61 Å². The summed E-state index contributed by atoms with van der Waals surface area (Å²) in [7, 11) is 0. The van der Waals surface area contributed by atoms with E-state index in [4.69, 9.17) is 30.3 Å². The van der Waals surface area contributed by atoms with Crippen LogP contribution in [0, 0.1) is 0 Å². The SMILES string of the molecule is O=C(OCc1nc(-c2ccccc2)no1)c1cc(Cl)c2c(c1)OCCO2. The van der Waals surface area contributed by atoms with Gasteiger partial charge in [-0.15, -0.1) is 0 Å². The second-order valence-electron chi connectivity index (χ2n) is 5.44. The average molecular weight is 373 g/mol. The van der Waals surface area contributed by atoms with E-state index in [1.807, 2.05) is 30.3 Å². The molecule has 0 aliphatic carbocycles. The van der Waals surface area contributed by atoms with Crippen molar-refractivity contribution in [3.05, 3.63) is 58.9 Å². The van der Waals surface area contributed by atoms with Crippen LogP contribution in [0.1, 0.15) is 16.2 Å². The van der Waals surface area contributed by atoms with Crippen LogP contribution in [0.2, 0.25) is 5.02 Å². The Bertz CT molecular complexity index is 942. The summed E-state index contributed by atoms with van der Waals surface area (Å²) in [6.07, 6.45) is 0. The lowest BCUT2D eigenvalue weighted by Gasteiger charge is -2.19. The molecule has 0 atom stereocenters. The Morgan fingerprint density at radius 2 is 1.96 bits per heavy atom. The molecule has 7 nitrogen and oxygen atoms in total. The van der Waals surface area contributed by atoms with Crippen molar-refractivity contribution < 1.29 is 23.5 Å². The smallest absolute Gasteiger partial charge is 0.338 e. The lowest BCUT2D eigenvalue weighted by molar-refractivity contribution is 0.0429. The Kier molecular flexibility index (Phi) is 4.45. The predicted octanol–water partition coefficient (Wildman–Crippen LogP) is 3.52. The normalized spacial score (nSPS) is 12.7. The number of fused-ring (bicyclic) bond motifs is 1. The first-order valence-electron chi connectivity index (χ1n) is 7.85. The third-order valence-corrected chi connectivity index (χ3v) is 3.94. The number of nitrogens with zero attached hydrogens (tertiary/aromatic N) is 2. The van der Waals surface area contributed by atoms with E-state index < -0.39 is 5.97 Å². The molecule has 0 amide bonds. The maximum absolute atomic E-state index is 12.3. The molecule has 0 spiro atoms. The van der Waals surface area contributed by atoms with Gasteiger partial charge in [0, 0.05) is 5.56 Å². The molecular weight excluding hydrogens is 360 g/mol. The van der Waals surface area contributed by atoms with Crippen molar-refractivity contribution in [2.75, 3.05) is 13.2 Å². The third kappa shape index (κ3) is 3.34. The molecule has 0 saturated heterocycles. The highest BCUT2D eigenvalue weighted by Crippen LogP contribution is 2.38. The van der Waals surface area contributed by atoms with Gasteiger partial charge in [-0.05, 0) is 12.1 Å². The molecule has 26 heavy (non-hydrogen) atoms. The quantitative estimate of drug-likeness (QED) is 0.648. The standard InChI is InChI=1S/C18H13ClN2O5/c19-13-8-12(9-14-16(13)24-7-6-23-14)18(22)25-10-15-20-17(21-26-15)11-4-2-1-3-5-11/h1-5,8-9H,6-7,10H2. The molecule has 3 aromatic rings. The van der Waals surface area contributed by atoms with E-state index in [-0.39, 0.29) is 18.1 Å². The van der Waals surface area contributed by atoms with Crippen LogP contribution >= 0.6 is 11.6 Å². The number of carbonyl (C=O) groups excluding carboxylic acids is 1. The zero-order valence-corrected chi connectivity index (χ0v) is 14.2. The zero-order valence-electron chi connectivity index (χ0n) is 13.5. The zero-order chi connectivity index (χ0) is 17.9. The van der Waals surface area contributed by atoms with Crippen LogP contribution in [0.15, 0.2) is 47.0 Å². The minimum absolute atomic E-state index is 0.148. The molecule has 0 unspecified atom stereocenters. The van der Waals surface area contributed by atoms with Gasteiger partial charge < -0.3 is 18.7 Å². The van der Waals surface area contributed by atoms with E-state index >= 15 is 0 Å². The summed E-state index contributed by atoms with van der Waals surface area (Å²) in [5.74, 6) is 0.891. The van der Waals surface area contributed by atoms with Gasteiger partial charge in [-0.3, -0.25) is 0 Å². The molecule has 0 fully saturated rings. The van der Waals surface area contributed by atoms with E-state index in [1.165, 1.54) is 12.1 Å². The van der Waals surface area contributed by atoms with Gasteiger partial charge in [-0.2, -0.15) is 4.98 Å². The number of hydrogen-bond acceptors (Lipinski definition) is 7. The van der Waals surface area contributed by atoms with E-state index in [0.717, 1.165) is 5.56 Å². The summed E-state index contributed by atoms with van der Waals surface area (Å²) in [6.45, 7) is 0.661. The highest BCUT2D eigenvalue weighted by Gasteiger charge is 2.20. The number of ether oxygens (including phenoxy) is 3. The maximum atomic E-state index is 12.3. The van der Waals surface area contributed by atoms with Crippen molar-refractivity contribution in [2.24, 2.45) is 0 Å². The van der Waals surface area contributed by atoms with Gasteiger partial charge in [0.05, 0.1) is 10.6 Å². The minimum Gasteiger partial charge on any atom is -0.486 e. The summed E-state index contributed by atoms with van der Waals surface area (Å²) in [5.41, 5.74) is 1.06. The predicted molar refractivity (Wildman–Crippen MR) is 91.3 cm³/mol. The first-order chi connectivity index (χ1) is 12.7. The Morgan fingerprint density at radius 1 is 1.15 bits per heavy atom. The minimum atomic E-state index is -0.580. The van der Waals surface area contributed by atoms with Gasteiger partial charge in [-0.25, -0.2) is 4.79 Å². The Labute approximate surface area is 153 Å². The van der Waals surface area contributed by atoms with Crippen molar-refractivity contribution in [3.8, 4) is 22.9 Å². The second kappa shape index (κ2) is 7.05. The second-order valence-corrected chi connectivity index (χ2v) is 5.84. The number of halogens is 1. The number of carbonyl (C=O) groups is 1. The number of benzene rings is 2. The molecule has 0 bridgehead atoms. The lowest BCUT2D eigenvalue weighted by Crippen LogP contribution is -2.16. The summed E-state index contributed by atoms with van der Waals surface area (Å²) in [4.78, 5) is 16.5. The molecule has 2 heterocycles. The lowest BCUT2D eigenvalue weighted by atomic mass is 10.2. The number of hydrogen-bond donors (Lipinski definition) is 0. The van der Waals surface area contributed by atoms with Crippen LogP contribution in [-0.4, -0.2) is 29.3 Å². The molecule has 132 valence electrons. The highest BCUT2D eigenvalue weighted by atomic mass is 35.5. The van der Waals surface area contributed by atoms with Gasteiger partial charge in [0.1, 0.15) is 13.2 Å². The Morgan fingerprint density at radius 3 is 2.81 bits per heavy atom. The molecule has 8 heteroatoms. The topological polar surface area (TPSA) is 83.7 Å². The van der Waals surface area contributed by atoms with Crippen LogP contribution in [0.3, 0.4) is 0 Å². The maximum Gasteiger partial charge on any atom is 0.338 e. The van der Waals surface area contributed by atoms with Crippen LogP contribution in [-0.2, 0) is 11.3 Å². The number of aromatic nitrogens is 2. The fourth-order valence-corrected chi connectivity index (χ4v) is 2.72. The summed E-state index contributed by atoms with van der Waals surface area (Å²) in [5, 5.41) is 4.16. The third-order valence-electron chi connectivity index (χ3n) is 3.66. The fourth-order valence-electron chi connectivity index (χ4n) is 2.46. The van der Waals surface area contributed by atoms with E-state index in [1.54, 1.807) is 0 Å². The van der Waals surface area contributed by atoms with Crippen LogP contribution in [0.5, 0.6) is 11.5 Å². The van der Waals surface area contributed by atoms with Crippen LogP contribution < -0.4 is 9.47 Å². The molecule has 0 radical (unpaired) electrons. The van der Waals surface area contributed by atoms with Gasteiger partial charge in [0.25, 0.3) is 5.89 Å². The molecule has 0 saturated carbocycles. The van der Waals surface area contributed by atoms with Gasteiger partial charge in [0.2, 0.25) is 5.82 Å². The average Bonchev–Trinajstić information content (AvgIpc) is 3.16. The van der Waals surface area contributed by atoms with Gasteiger partial charge in [0.15, 0.2) is 18.1 Å². The molecule has 0 N–H and O–H groups in total. The Balaban J connectivity index is 1.45. The van der Waals surface area contributed by atoms with E-state index in [9.17, 15) is 4.79 Å². The van der Waals surface area contributed by atoms with Gasteiger partial charge >= 0.3 is 5.97 Å². The van der Waals surface area contributed by atoms with Gasteiger partial charge in [-0.1, -0.05) is 47.1 Å². The monoisotopic (exact) mass is 372 g/mol. The Hall–Kier alpha value is -3.06. The van der Waals surface area contributed by atoms with Crippen LogP contribution in [0.25, 0.3) is 11.4 Å². The number of rotatable bonds is 4. The highest BCUT2D eigenvalue weighted by molar-refractivity contribution is 6.32. The number of esters is 1. The van der Waals surface area contributed by atoms with Crippen LogP contribution in [0.4, 0.5) is 0 Å². The van der Waals surface area contributed by atoms with Crippen molar-refractivity contribution in [1.82, 2.24) is 10.1 Å². The van der Waals surface area contributed by atoms with E-state index in [2.05, 4.69) is 10.1 Å². The van der Waals surface area contributed by atoms with E-state index in [0.29, 0.717) is 35.6 Å². The first kappa shape index (κ1) is 16.4. The largest absolute Gasteiger partial charge is 0.486 e. The molecule has 4 rings (SSSR count). The van der Waals surface area contributed by atoms with Crippen molar-refractivity contribution in [1.29, 1.82) is 0 Å². The summed E-state index contributed by atoms with van der Waals surface area (Å²) >= 11 is 6.13. The van der Waals surface area contributed by atoms with Crippen molar-refractivity contribution in [3.63, 3.8) is 0 Å². The molecule has 1 aliphatic rings.